The van der Waals surface area contributed by atoms with Crippen LogP contribution in [0, 0.1) is 0 Å². The molecule has 0 unspecified atom stereocenters. The predicted octanol–water partition coefficient (Wildman–Crippen LogP) is 3.46. The number of pyridine rings is 1. The molecular formula is C16H19NO3. The van der Waals surface area contributed by atoms with Gasteiger partial charge in [-0.2, -0.15) is 0 Å². The van der Waals surface area contributed by atoms with Crippen molar-refractivity contribution in [3.63, 3.8) is 0 Å². The molecule has 0 aliphatic heterocycles. The van der Waals surface area contributed by atoms with Gasteiger partial charge in [0.25, 0.3) is 0 Å². The molecule has 0 spiro atoms. The topological polar surface area (TPSA) is 59.4 Å². The Morgan fingerprint density at radius 1 is 1.35 bits per heavy atom. The number of benzene rings is 1. The lowest BCUT2D eigenvalue weighted by molar-refractivity contribution is 0.0697. The van der Waals surface area contributed by atoms with E-state index in [0.717, 1.165) is 24.1 Å². The summed E-state index contributed by atoms with van der Waals surface area (Å²) in [6.45, 7) is 4.04. The first-order valence-electron chi connectivity index (χ1n) is 6.85. The largest absolute Gasteiger partial charge is 0.497 e. The maximum atomic E-state index is 11.7. The summed E-state index contributed by atoms with van der Waals surface area (Å²) in [6.07, 6.45) is 2.41. The van der Waals surface area contributed by atoms with E-state index in [4.69, 9.17) is 4.74 Å². The minimum atomic E-state index is -0.903. The van der Waals surface area contributed by atoms with Crippen LogP contribution in [0.2, 0.25) is 0 Å². The summed E-state index contributed by atoms with van der Waals surface area (Å²) >= 11 is 0. The molecule has 0 aliphatic carbocycles. The summed E-state index contributed by atoms with van der Waals surface area (Å²) in [5, 5.41) is 10.2. The number of methoxy groups -OCH3 is 1. The molecule has 2 aromatic rings. The fraction of sp³-hybridized carbons (Fsp3) is 0.375. The summed E-state index contributed by atoms with van der Waals surface area (Å²) in [5.41, 5.74) is 2.80. The second kappa shape index (κ2) is 5.90. The molecule has 1 aromatic heterocycles. The van der Waals surface area contributed by atoms with Crippen molar-refractivity contribution in [3.05, 3.63) is 35.0 Å². The van der Waals surface area contributed by atoms with Crippen LogP contribution >= 0.6 is 0 Å². The molecule has 1 N–H and O–H groups in total. The highest BCUT2D eigenvalue weighted by Crippen LogP contribution is 2.28. The molecule has 0 radical (unpaired) electrons. The van der Waals surface area contributed by atoms with Gasteiger partial charge in [-0.05, 0) is 36.6 Å². The third-order valence-electron chi connectivity index (χ3n) is 3.43. The number of fused-ring (bicyclic) bond motifs is 1. The van der Waals surface area contributed by atoms with Crippen molar-refractivity contribution in [2.45, 2.75) is 33.1 Å². The SMILES string of the molecule is CCCc1nc2ccc(OC)cc2c(C(=O)O)c1CC. The number of carboxylic acids is 1. The molecule has 0 amide bonds. The van der Waals surface area contributed by atoms with Crippen molar-refractivity contribution in [3.8, 4) is 5.75 Å². The van der Waals surface area contributed by atoms with Crippen LogP contribution in [0.5, 0.6) is 5.75 Å². The molecule has 0 aliphatic rings. The van der Waals surface area contributed by atoms with Gasteiger partial charge in [0.1, 0.15) is 5.75 Å². The van der Waals surface area contributed by atoms with Crippen LogP contribution < -0.4 is 4.74 Å². The molecule has 1 heterocycles. The van der Waals surface area contributed by atoms with E-state index in [-0.39, 0.29) is 0 Å². The standard InChI is InChI=1S/C16H19NO3/c1-4-6-13-11(5-2)15(16(18)19)12-9-10(20-3)7-8-14(12)17-13/h7-9H,4-6H2,1-3H3,(H,18,19). The Hall–Kier alpha value is -2.10. The first-order valence-corrected chi connectivity index (χ1v) is 6.85. The smallest absolute Gasteiger partial charge is 0.336 e. The van der Waals surface area contributed by atoms with E-state index in [9.17, 15) is 9.90 Å². The van der Waals surface area contributed by atoms with Crippen LogP contribution in [-0.2, 0) is 12.8 Å². The quantitative estimate of drug-likeness (QED) is 0.906. The Morgan fingerprint density at radius 2 is 2.10 bits per heavy atom. The number of rotatable bonds is 5. The van der Waals surface area contributed by atoms with Crippen LogP contribution in [0.1, 0.15) is 41.9 Å². The van der Waals surface area contributed by atoms with Crippen molar-refractivity contribution < 1.29 is 14.6 Å². The van der Waals surface area contributed by atoms with Gasteiger partial charge >= 0.3 is 5.97 Å². The molecule has 20 heavy (non-hydrogen) atoms. The zero-order chi connectivity index (χ0) is 14.7. The molecule has 4 nitrogen and oxygen atoms in total. The van der Waals surface area contributed by atoms with Gasteiger partial charge in [-0.15, -0.1) is 0 Å². The highest BCUT2D eigenvalue weighted by molar-refractivity contribution is 6.04. The Kier molecular flexibility index (Phi) is 4.23. The van der Waals surface area contributed by atoms with Crippen molar-refractivity contribution in [2.24, 2.45) is 0 Å². The predicted molar refractivity (Wildman–Crippen MR) is 78.6 cm³/mol. The monoisotopic (exact) mass is 273 g/mol. The Bertz CT molecular complexity index is 650. The number of hydrogen-bond donors (Lipinski definition) is 1. The Labute approximate surface area is 118 Å². The van der Waals surface area contributed by atoms with Crippen LogP contribution in [0.4, 0.5) is 0 Å². The molecule has 106 valence electrons. The van der Waals surface area contributed by atoms with E-state index < -0.39 is 5.97 Å². The molecule has 0 saturated heterocycles. The van der Waals surface area contributed by atoms with Gasteiger partial charge in [-0.3, -0.25) is 4.98 Å². The number of aryl methyl sites for hydroxylation is 1. The lowest BCUT2D eigenvalue weighted by Gasteiger charge is -2.14. The highest BCUT2D eigenvalue weighted by atomic mass is 16.5. The number of carbonyl (C=O) groups is 1. The molecule has 0 bridgehead atoms. The van der Waals surface area contributed by atoms with Gasteiger partial charge in [0.05, 0.1) is 18.2 Å². The van der Waals surface area contributed by atoms with Crippen molar-refractivity contribution >= 4 is 16.9 Å². The highest BCUT2D eigenvalue weighted by Gasteiger charge is 2.19. The van der Waals surface area contributed by atoms with Gasteiger partial charge in [0.2, 0.25) is 0 Å². The number of aromatic nitrogens is 1. The maximum absolute atomic E-state index is 11.7. The van der Waals surface area contributed by atoms with E-state index in [1.165, 1.54) is 0 Å². The summed E-state index contributed by atoms with van der Waals surface area (Å²) < 4.78 is 5.19. The van der Waals surface area contributed by atoms with E-state index >= 15 is 0 Å². The van der Waals surface area contributed by atoms with Gasteiger partial charge in [-0.25, -0.2) is 4.79 Å². The lowest BCUT2D eigenvalue weighted by Crippen LogP contribution is -2.09. The van der Waals surface area contributed by atoms with Crippen LogP contribution in [-0.4, -0.2) is 23.2 Å². The third-order valence-corrected chi connectivity index (χ3v) is 3.43. The molecule has 1 aromatic carbocycles. The zero-order valence-electron chi connectivity index (χ0n) is 12.1. The number of aromatic carboxylic acids is 1. The van der Waals surface area contributed by atoms with E-state index in [2.05, 4.69) is 11.9 Å². The molecule has 0 fully saturated rings. The van der Waals surface area contributed by atoms with E-state index in [0.29, 0.717) is 28.6 Å². The second-order valence-electron chi connectivity index (χ2n) is 4.70. The van der Waals surface area contributed by atoms with Crippen molar-refractivity contribution in [2.75, 3.05) is 7.11 Å². The molecular weight excluding hydrogens is 254 g/mol. The summed E-state index contributed by atoms with van der Waals surface area (Å²) in [4.78, 5) is 16.3. The van der Waals surface area contributed by atoms with Crippen molar-refractivity contribution in [1.82, 2.24) is 4.98 Å². The fourth-order valence-electron chi connectivity index (χ4n) is 2.53. The number of carboxylic acid groups (broad SMARTS) is 1. The van der Waals surface area contributed by atoms with Crippen molar-refractivity contribution in [1.29, 1.82) is 0 Å². The molecule has 0 saturated carbocycles. The Balaban J connectivity index is 2.83. The maximum Gasteiger partial charge on any atom is 0.336 e. The van der Waals surface area contributed by atoms with Gasteiger partial charge in [0, 0.05) is 11.1 Å². The van der Waals surface area contributed by atoms with E-state index in [1.807, 2.05) is 19.1 Å². The first-order chi connectivity index (χ1) is 9.62. The number of nitrogens with zero attached hydrogens (tertiary/aromatic N) is 1. The first kappa shape index (κ1) is 14.3. The van der Waals surface area contributed by atoms with Crippen LogP contribution in [0.3, 0.4) is 0 Å². The van der Waals surface area contributed by atoms with Gasteiger partial charge < -0.3 is 9.84 Å². The Morgan fingerprint density at radius 3 is 2.65 bits per heavy atom. The minimum Gasteiger partial charge on any atom is -0.497 e. The number of ether oxygens (including phenoxy) is 1. The second-order valence-corrected chi connectivity index (χ2v) is 4.70. The average molecular weight is 273 g/mol. The van der Waals surface area contributed by atoms with Gasteiger partial charge in [0.15, 0.2) is 0 Å². The van der Waals surface area contributed by atoms with Crippen LogP contribution in [0.25, 0.3) is 10.9 Å². The van der Waals surface area contributed by atoms with E-state index in [1.54, 1.807) is 13.2 Å². The van der Waals surface area contributed by atoms with Gasteiger partial charge in [-0.1, -0.05) is 20.3 Å². The van der Waals surface area contributed by atoms with Crippen LogP contribution in [0.15, 0.2) is 18.2 Å². The summed E-state index contributed by atoms with van der Waals surface area (Å²) in [7, 11) is 1.57. The normalized spacial score (nSPS) is 10.8. The fourth-order valence-corrected chi connectivity index (χ4v) is 2.53. The summed E-state index contributed by atoms with van der Waals surface area (Å²) in [6, 6.07) is 5.38. The molecule has 0 atom stereocenters. The average Bonchev–Trinajstić information content (AvgIpc) is 2.45. The summed E-state index contributed by atoms with van der Waals surface area (Å²) in [5.74, 6) is -0.257. The lowest BCUT2D eigenvalue weighted by atomic mass is 9.96. The third kappa shape index (κ3) is 2.46. The zero-order valence-corrected chi connectivity index (χ0v) is 12.1. The number of hydrogen-bond acceptors (Lipinski definition) is 3. The molecule has 2 rings (SSSR count). The molecule has 4 heteroatoms. The minimum absolute atomic E-state index is 0.361.